The zero-order valence-electron chi connectivity index (χ0n) is 13.2. The van der Waals surface area contributed by atoms with E-state index < -0.39 is 0 Å². The molecule has 0 amide bonds. The van der Waals surface area contributed by atoms with Crippen LogP contribution in [0.5, 0.6) is 5.75 Å². The van der Waals surface area contributed by atoms with E-state index in [1.165, 1.54) is 22.2 Å². The van der Waals surface area contributed by atoms with Crippen molar-refractivity contribution in [3.8, 4) is 17.0 Å². The molecule has 0 saturated heterocycles. The molecule has 3 aromatic rings. The molecule has 0 unspecified atom stereocenters. The van der Waals surface area contributed by atoms with Crippen molar-refractivity contribution in [3.63, 3.8) is 0 Å². The highest BCUT2D eigenvalue weighted by Crippen LogP contribution is 2.34. The standard InChI is InChI=1S/C19H21BrN2O/c1-23-15-8-9-18-17(12-15)16(7-2-3-10-21)19(22-18)13-5-4-6-14(20)11-13/h4-6,8-9,11-12,22H,2-3,7,10,21H2,1H3. The number of hydrogen-bond acceptors (Lipinski definition) is 2. The van der Waals surface area contributed by atoms with Gasteiger partial charge in [0.2, 0.25) is 0 Å². The zero-order valence-corrected chi connectivity index (χ0v) is 14.8. The van der Waals surface area contributed by atoms with Crippen LogP contribution in [0.25, 0.3) is 22.2 Å². The van der Waals surface area contributed by atoms with Crippen molar-refractivity contribution in [2.24, 2.45) is 5.73 Å². The Bertz CT molecular complexity index is 810. The van der Waals surface area contributed by atoms with E-state index in [0.29, 0.717) is 0 Å². The molecule has 4 heteroatoms. The van der Waals surface area contributed by atoms with Gasteiger partial charge < -0.3 is 15.5 Å². The third-order valence-corrected chi connectivity index (χ3v) is 4.60. The van der Waals surface area contributed by atoms with E-state index in [4.69, 9.17) is 10.5 Å². The SMILES string of the molecule is COc1ccc2[nH]c(-c3cccc(Br)c3)c(CCCCN)c2c1. The van der Waals surface area contributed by atoms with E-state index in [0.717, 1.165) is 41.5 Å². The van der Waals surface area contributed by atoms with Crippen molar-refractivity contribution in [1.82, 2.24) is 4.98 Å². The summed E-state index contributed by atoms with van der Waals surface area (Å²) in [4.78, 5) is 3.58. The maximum atomic E-state index is 5.66. The summed E-state index contributed by atoms with van der Waals surface area (Å²) < 4.78 is 6.48. The van der Waals surface area contributed by atoms with Crippen LogP contribution in [0.2, 0.25) is 0 Å². The van der Waals surface area contributed by atoms with E-state index in [9.17, 15) is 0 Å². The van der Waals surface area contributed by atoms with Crippen LogP contribution in [0.1, 0.15) is 18.4 Å². The normalized spacial score (nSPS) is 11.1. The molecule has 0 spiro atoms. The average Bonchev–Trinajstić information content (AvgIpc) is 2.93. The van der Waals surface area contributed by atoms with Crippen LogP contribution in [0, 0.1) is 0 Å². The molecule has 0 saturated carbocycles. The first-order valence-corrected chi connectivity index (χ1v) is 8.67. The molecule has 0 bridgehead atoms. The number of nitrogens with one attached hydrogen (secondary N) is 1. The van der Waals surface area contributed by atoms with E-state index in [2.05, 4.69) is 51.2 Å². The summed E-state index contributed by atoms with van der Waals surface area (Å²) in [6, 6.07) is 14.6. The summed E-state index contributed by atoms with van der Waals surface area (Å²) in [5.41, 5.74) is 10.5. The Morgan fingerprint density at radius 2 is 2.00 bits per heavy atom. The largest absolute Gasteiger partial charge is 0.497 e. The number of benzene rings is 2. The highest BCUT2D eigenvalue weighted by Gasteiger charge is 2.14. The molecule has 1 heterocycles. The van der Waals surface area contributed by atoms with Crippen LogP contribution in [-0.2, 0) is 6.42 Å². The lowest BCUT2D eigenvalue weighted by atomic mass is 10.0. The molecule has 0 aliphatic carbocycles. The smallest absolute Gasteiger partial charge is 0.119 e. The van der Waals surface area contributed by atoms with Gasteiger partial charge in [-0.1, -0.05) is 28.1 Å². The second kappa shape index (κ2) is 7.20. The lowest BCUT2D eigenvalue weighted by Crippen LogP contribution is -1.99. The third kappa shape index (κ3) is 3.43. The van der Waals surface area contributed by atoms with Gasteiger partial charge in [-0.05, 0) is 67.3 Å². The molecule has 1 aromatic heterocycles. The van der Waals surface area contributed by atoms with Crippen LogP contribution < -0.4 is 10.5 Å². The van der Waals surface area contributed by atoms with Gasteiger partial charge in [-0.2, -0.15) is 0 Å². The van der Waals surface area contributed by atoms with Crippen LogP contribution in [0.4, 0.5) is 0 Å². The minimum Gasteiger partial charge on any atom is -0.497 e. The highest BCUT2D eigenvalue weighted by atomic mass is 79.9. The topological polar surface area (TPSA) is 51.0 Å². The Kier molecular flexibility index (Phi) is 5.03. The molecule has 120 valence electrons. The Labute approximate surface area is 145 Å². The Morgan fingerprint density at radius 1 is 1.13 bits per heavy atom. The maximum absolute atomic E-state index is 5.66. The van der Waals surface area contributed by atoms with Crippen molar-refractivity contribution in [1.29, 1.82) is 0 Å². The number of fused-ring (bicyclic) bond motifs is 1. The van der Waals surface area contributed by atoms with E-state index in [1.54, 1.807) is 7.11 Å². The average molecular weight is 373 g/mol. The first-order chi connectivity index (χ1) is 11.2. The fraction of sp³-hybridized carbons (Fsp3) is 0.263. The number of aryl methyl sites for hydroxylation is 1. The van der Waals surface area contributed by atoms with Gasteiger partial charge in [-0.25, -0.2) is 0 Å². The number of hydrogen-bond donors (Lipinski definition) is 2. The molecule has 3 N–H and O–H groups in total. The van der Waals surface area contributed by atoms with E-state index in [1.807, 2.05) is 12.1 Å². The van der Waals surface area contributed by atoms with Gasteiger partial charge >= 0.3 is 0 Å². The predicted octanol–water partition coefficient (Wildman–Crippen LogP) is 4.89. The Balaban J connectivity index is 2.13. The molecule has 0 atom stereocenters. The fourth-order valence-electron chi connectivity index (χ4n) is 2.95. The second-order valence-electron chi connectivity index (χ2n) is 5.65. The number of rotatable bonds is 6. The van der Waals surface area contributed by atoms with Crippen LogP contribution in [-0.4, -0.2) is 18.6 Å². The lowest BCUT2D eigenvalue weighted by Gasteiger charge is -2.06. The molecule has 2 aromatic carbocycles. The molecule has 0 radical (unpaired) electrons. The van der Waals surface area contributed by atoms with Gasteiger partial charge in [-0.3, -0.25) is 0 Å². The van der Waals surface area contributed by atoms with Gasteiger partial charge in [0.05, 0.1) is 7.11 Å². The van der Waals surface area contributed by atoms with E-state index in [-0.39, 0.29) is 0 Å². The summed E-state index contributed by atoms with van der Waals surface area (Å²) in [7, 11) is 1.71. The predicted molar refractivity (Wildman–Crippen MR) is 100.0 cm³/mol. The first kappa shape index (κ1) is 16.1. The summed E-state index contributed by atoms with van der Waals surface area (Å²) in [5, 5.41) is 1.23. The summed E-state index contributed by atoms with van der Waals surface area (Å²) in [5.74, 6) is 0.886. The van der Waals surface area contributed by atoms with Gasteiger partial charge in [0.25, 0.3) is 0 Å². The molecule has 0 aliphatic rings. The lowest BCUT2D eigenvalue weighted by molar-refractivity contribution is 0.415. The van der Waals surface area contributed by atoms with Crippen molar-refractivity contribution in [3.05, 3.63) is 52.5 Å². The maximum Gasteiger partial charge on any atom is 0.119 e. The molecule has 0 fully saturated rings. The third-order valence-electron chi connectivity index (χ3n) is 4.11. The number of methoxy groups -OCH3 is 1. The molecule has 3 nitrogen and oxygen atoms in total. The molecular formula is C19H21BrN2O. The summed E-state index contributed by atoms with van der Waals surface area (Å²) in [6.07, 6.45) is 3.13. The fourth-order valence-corrected chi connectivity index (χ4v) is 3.35. The monoisotopic (exact) mass is 372 g/mol. The number of nitrogens with two attached hydrogens (primary N) is 1. The number of unbranched alkanes of at least 4 members (excludes halogenated alkanes) is 1. The van der Waals surface area contributed by atoms with Crippen LogP contribution in [0.3, 0.4) is 0 Å². The Hall–Kier alpha value is -1.78. The number of aromatic nitrogens is 1. The zero-order chi connectivity index (χ0) is 16.2. The second-order valence-corrected chi connectivity index (χ2v) is 6.56. The van der Waals surface area contributed by atoms with Gasteiger partial charge in [0.1, 0.15) is 5.75 Å². The van der Waals surface area contributed by atoms with Crippen molar-refractivity contribution < 1.29 is 4.74 Å². The number of halogens is 1. The molecule has 23 heavy (non-hydrogen) atoms. The van der Waals surface area contributed by atoms with E-state index >= 15 is 0 Å². The number of ether oxygens (including phenoxy) is 1. The van der Waals surface area contributed by atoms with Gasteiger partial charge in [-0.15, -0.1) is 0 Å². The highest BCUT2D eigenvalue weighted by molar-refractivity contribution is 9.10. The summed E-state index contributed by atoms with van der Waals surface area (Å²) >= 11 is 3.56. The van der Waals surface area contributed by atoms with Crippen molar-refractivity contribution in [2.75, 3.05) is 13.7 Å². The van der Waals surface area contributed by atoms with Crippen molar-refractivity contribution in [2.45, 2.75) is 19.3 Å². The molecule has 3 rings (SSSR count). The van der Waals surface area contributed by atoms with Crippen LogP contribution >= 0.6 is 15.9 Å². The number of H-pyrrole nitrogens is 1. The minimum atomic E-state index is 0.734. The quantitative estimate of drug-likeness (QED) is 0.605. The van der Waals surface area contributed by atoms with Gasteiger partial charge in [0, 0.05) is 21.1 Å². The molecule has 0 aliphatic heterocycles. The number of aromatic amines is 1. The Morgan fingerprint density at radius 3 is 2.74 bits per heavy atom. The van der Waals surface area contributed by atoms with Gasteiger partial charge in [0.15, 0.2) is 0 Å². The van der Waals surface area contributed by atoms with Crippen molar-refractivity contribution >= 4 is 26.8 Å². The summed E-state index contributed by atoms with van der Waals surface area (Å²) in [6.45, 7) is 0.734. The minimum absolute atomic E-state index is 0.734. The molecular weight excluding hydrogens is 352 g/mol. The first-order valence-electron chi connectivity index (χ1n) is 7.87. The van der Waals surface area contributed by atoms with Crippen LogP contribution in [0.15, 0.2) is 46.9 Å².